The van der Waals surface area contributed by atoms with E-state index in [1.54, 1.807) is 0 Å². The Labute approximate surface area is 150 Å². The molecule has 2 nitrogen and oxygen atoms in total. The van der Waals surface area contributed by atoms with Gasteiger partial charge >= 0.3 is 0 Å². The van der Waals surface area contributed by atoms with Crippen molar-refractivity contribution in [3.8, 4) is 0 Å². The first kappa shape index (κ1) is 17.0. The molecule has 0 heterocycles. The normalized spacial score (nSPS) is 16.0. The highest BCUT2D eigenvalue weighted by atomic mass is 32.1. The molecule has 2 N–H and O–H groups in total. The monoisotopic (exact) mass is 338 g/mol. The van der Waals surface area contributed by atoms with Gasteiger partial charge in [-0.25, -0.2) is 0 Å². The largest absolute Gasteiger partial charge is 0.353 e. The van der Waals surface area contributed by atoms with E-state index in [1.165, 1.54) is 35.1 Å². The minimum Gasteiger partial charge on any atom is -0.353 e. The van der Waals surface area contributed by atoms with Crippen molar-refractivity contribution in [3.63, 3.8) is 0 Å². The van der Waals surface area contributed by atoms with Crippen molar-refractivity contribution in [2.45, 2.75) is 52.0 Å². The summed E-state index contributed by atoms with van der Waals surface area (Å²) in [5.41, 5.74) is 6.15. The number of nitrogens with one attached hydrogen (secondary N) is 2. The summed E-state index contributed by atoms with van der Waals surface area (Å²) in [4.78, 5) is 0. The zero-order valence-electron chi connectivity index (χ0n) is 14.8. The lowest BCUT2D eigenvalue weighted by molar-refractivity contribution is 0.408. The lowest BCUT2D eigenvalue weighted by atomic mass is 9.87. The molecule has 0 saturated heterocycles. The molecule has 0 aromatic heterocycles. The molecule has 1 fully saturated rings. The van der Waals surface area contributed by atoms with Crippen LogP contribution < -0.4 is 10.6 Å². The highest BCUT2D eigenvalue weighted by Gasteiger charge is 2.36. The minimum absolute atomic E-state index is 0.0339. The standard InChI is InChI=1S/C21H26N2S/c1-15-7-6-8-18(13-15)21(11-4-5-12-21)23-20(24)22-19-14-16(2)9-10-17(19)3/h6-10,13-14H,4-5,11-12H2,1-3H3,(H2,22,23,24). The van der Waals surface area contributed by atoms with Crippen LogP contribution in [0.5, 0.6) is 0 Å². The highest BCUT2D eigenvalue weighted by Crippen LogP contribution is 2.39. The van der Waals surface area contributed by atoms with E-state index in [4.69, 9.17) is 12.2 Å². The smallest absolute Gasteiger partial charge is 0.171 e. The van der Waals surface area contributed by atoms with Crippen molar-refractivity contribution < 1.29 is 0 Å². The van der Waals surface area contributed by atoms with E-state index in [2.05, 4.69) is 73.9 Å². The number of thiocarbonyl (C=S) groups is 1. The molecule has 3 rings (SSSR count). The van der Waals surface area contributed by atoms with E-state index in [1.807, 2.05) is 0 Å². The van der Waals surface area contributed by atoms with Crippen LogP contribution in [-0.4, -0.2) is 5.11 Å². The Morgan fingerprint density at radius 1 is 0.958 bits per heavy atom. The zero-order valence-corrected chi connectivity index (χ0v) is 15.6. The van der Waals surface area contributed by atoms with Gasteiger partial charge in [0.05, 0.1) is 5.54 Å². The molecular formula is C21H26N2S. The molecule has 0 spiro atoms. The van der Waals surface area contributed by atoms with Crippen LogP contribution in [0.15, 0.2) is 42.5 Å². The fraction of sp³-hybridized carbons (Fsp3) is 0.381. The summed E-state index contributed by atoms with van der Waals surface area (Å²) in [6.45, 7) is 6.36. The Kier molecular flexibility index (Phi) is 4.91. The van der Waals surface area contributed by atoms with Gasteiger partial charge in [-0.1, -0.05) is 54.8 Å². The van der Waals surface area contributed by atoms with Crippen LogP contribution in [0.1, 0.15) is 47.9 Å². The van der Waals surface area contributed by atoms with Crippen LogP contribution >= 0.6 is 12.2 Å². The van der Waals surface area contributed by atoms with Crippen molar-refractivity contribution in [1.29, 1.82) is 0 Å². The number of hydrogen-bond donors (Lipinski definition) is 2. The lowest BCUT2D eigenvalue weighted by Gasteiger charge is -2.33. The number of hydrogen-bond acceptors (Lipinski definition) is 1. The summed E-state index contributed by atoms with van der Waals surface area (Å²) in [6, 6.07) is 15.2. The maximum atomic E-state index is 5.66. The van der Waals surface area contributed by atoms with E-state index in [0.29, 0.717) is 5.11 Å². The lowest BCUT2D eigenvalue weighted by Crippen LogP contribution is -2.45. The summed E-state index contributed by atoms with van der Waals surface area (Å²) >= 11 is 5.66. The van der Waals surface area contributed by atoms with Crippen LogP contribution in [0.4, 0.5) is 5.69 Å². The molecule has 0 bridgehead atoms. The van der Waals surface area contributed by atoms with Crippen LogP contribution in [0.2, 0.25) is 0 Å². The summed E-state index contributed by atoms with van der Waals surface area (Å²) in [5.74, 6) is 0. The van der Waals surface area contributed by atoms with E-state index in [-0.39, 0.29) is 5.54 Å². The van der Waals surface area contributed by atoms with Crippen LogP contribution in [0.25, 0.3) is 0 Å². The second kappa shape index (κ2) is 6.94. The third-order valence-electron chi connectivity index (χ3n) is 5.02. The van der Waals surface area contributed by atoms with E-state index >= 15 is 0 Å². The zero-order chi connectivity index (χ0) is 17.2. The van der Waals surface area contributed by atoms with Gasteiger partial charge in [0.1, 0.15) is 0 Å². The fourth-order valence-corrected chi connectivity index (χ4v) is 3.95. The van der Waals surface area contributed by atoms with Gasteiger partial charge in [-0.15, -0.1) is 0 Å². The first-order valence-corrected chi connectivity index (χ1v) is 9.13. The van der Waals surface area contributed by atoms with Crippen molar-refractivity contribution in [2.75, 3.05) is 5.32 Å². The number of rotatable bonds is 3. The van der Waals surface area contributed by atoms with Crippen molar-refractivity contribution in [1.82, 2.24) is 5.32 Å². The summed E-state index contributed by atoms with van der Waals surface area (Å²) < 4.78 is 0. The van der Waals surface area contributed by atoms with Gasteiger partial charge in [0, 0.05) is 5.69 Å². The van der Waals surface area contributed by atoms with Crippen molar-refractivity contribution in [2.24, 2.45) is 0 Å². The predicted octanol–water partition coefficient (Wildman–Crippen LogP) is 5.37. The van der Waals surface area contributed by atoms with E-state index < -0.39 is 0 Å². The summed E-state index contributed by atoms with van der Waals surface area (Å²) in [5, 5.41) is 7.77. The van der Waals surface area contributed by atoms with Crippen molar-refractivity contribution in [3.05, 3.63) is 64.7 Å². The summed E-state index contributed by atoms with van der Waals surface area (Å²) in [7, 11) is 0. The Morgan fingerprint density at radius 2 is 1.67 bits per heavy atom. The molecule has 0 radical (unpaired) electrons. The second-order valence-corrected chi connectivity index (χ2v) is 7.46. The first-order chi connectivity index (χ1) is 11.5. The average molecular weight is 339 g/mol. The Balaban J connectivity index is 1.81. The molecule has 0 unspecified atom stereocenters. The molecule has 126 valence electrons. The molecule has 0 atom stereocenters. The first-order valence-electron chi connectivity index (χ1n) is 8.72. The molecule has 24 heavy (non-hydrogen) atoms. The fourth-order valence-electron chi connectivity index (χ4n) is 3.65. The topological polar surface area (TPSA) is 24.1 Å². The maximum absolute atomic E-state index is 5.66. The Bertz CT molecular complexity index is 745. The molecule has 2 aromatic carbocycles. The molecule has 1 aliphatic rings. The van der Waals surface area contributed by atoms with E-state index in [0.717, 1.165) is 18.5 Å². The van der Waals surface area contributed by atoms with Gasteiger partial charge in [-0.05, 0) is 68.6 Å². The molecule has 0 aliphatic heterocycles. The van der Waals surface area contributed by atoms with Crippen LogP contribution in [0.3, 0.4) is 0 Å². The molecule has 0 amide bonds. The second-order valence-electron chi connectivity index (χ2n) is 7.06. The quantitative estimate of drug-likeness (QED) is 0.736. The number of anilines is 1. The maximum Gasteiger partial charge on any atom is 0.171 e. The van der Waals surface area contributed by atoms with E-state index in [9.17, 15) is 0 Å². The highest BCUT2D eigenvalue weighted by molar-refractivity contribution is 7.80. The third kappa shape index (κ3) is 3.62. The number of benzene rings is 2. The van der Waals surface area contributed by atoms with Crippen LogP contribution in [0, 0.1) is 20.8 Å². The SMILES string of the molecule is Cc1cccc(C2(NC(=S)Nc3cc(C)ccc3C)CCCC2)c1. The molecule has 1 saturated carbocycles. The minimum atomic E-state index is -0.0339. The molecular weight excluding hydrogens is 312 g/mol. The van der Waals surface area contributed by atoms with Gasteiger partial charge < -0.3 is 10.6 Å². The molecule has 2 aromatic rings. The molecule has 1 aliphatic carbocycles. The van der Waals surface area contributed by atoms with Gasteiger partial charge in [-0.2, -0.15) is 0 Å². The van der Waals surface area contributed by atoms with Gasteiger partial charge in [-0.3, -0.25) is 0 Å². The van der Waals surface area contributed by atoms with Gasteiger partial charge in [0.25, 0.3) is 0 Å². The van der Waals surface area contributed by atoms with Crippen molar-refractivity contribution >= 4 is 23.0 Å². The average Bonchev–Trinajstić information content (AvgIpc) is 3.00. The van der Waals surface area contributed by atoms with Crippen LogP contribution in [-0.2, 0) is 5.54 Å². The third-order valence-corrected chi connectivity index (χ3v) is 5.23. The Morgan fingerprint density at radius 3 is 2.38 bits per heavy atom. The van der Waals surface area contributed by atoms with Gasteiger partial charge in [0.2, 0.25) is 0 Å². The number of aryl methyl sites for hydroxylation is 3. The van der Waals surface area contributed by atoms with Gasteiger partial charge in [0.15, 0.2) is 5.11 Å². The molecule has 3 heteroatoms. The predicted molar refractivity (Wildman–Crippen MR) is 107 cm³/mol. The Hall–Kier alpha value is -1.87. The summed E-state index contributed by atoms with van der Waals surface area (Å²) in [6.07, 6.45) is 4.75.